The number of piperazine rings is 1. The summed E-state index contributed by atoms with van der Waals surface area (Å²) in [4.78, 5) is 41.1. The maximum atomic E-state index is 15.5. The van der Waals surface area contributed by atoms with E-state index in [-0.39, 0.29) is 24.3 Å². The summed E-state index contributed by atoms with van der Waals surface area (Å²) in [6, 6.07) is 2.59. The van der Waals surface area contributed by atoms with Gasteiger partial charge in [-0.25, -0.2) is 9.18 Å². The molecule has 1 aromatic carbocycles. The number of piperidine rings is 1. The van der Waals surface area contributed by atoms with Crippen molar-refractivity contribution in [3.05, 3.63) is 28.4 Å². The summed E-state index contributed by atoms with van der Waals surface area (Å²) in [6.45, 7) is 6.72. The molecule has 1 aromatic heterocycles. The summed E-state index contributed by atoms with van der Waals surface area (Å²) in [5.41, 5.74) is 0.597. The van der Waals surface area contributed by atoms with Gasteiger partial charge in [-0.2, -0.15) is 0 Å². The lowest BCUT2D eigenvalue weighted by molar-refractivity contribution is -0.135. The zero-order valence-corrected chi connectivity index (χ0v) is 17.6. The quantitative estimate of drug-likeness (QED) is 0.653. The molecule has 0 spiro atoms. The second-order valence-electron chi connectivity index (χ2n) is 8.77. The van der Waals surface area contributed by atoms with Crippen molar-refractivity contribution < 1.29 is 14.0 Å². The number of carbonyl (C=O) groups is 2. The van der Waals surface area contributed by atoms with Crippen molar-refractivity contribution in [2.45, 2.75) is 18.9 Å². The van der Waals surface area contributed by atoms with E-state index in [0.29, 0.717) is 17.1 Å². The van der Waals surface area contributed by atoms with Gasteiger partial charge in [-0.1, -0.05) is 0 Å². The van der Waals surface area contributed by atoms with Gasteiger partial charge in [0.2, 0.25) is 11.8 Å². The smallest absolute Gasteiger partial charge is 0.329 e. The topological polar surface area (TPSA) is 91.6 Å². The highest BCUT2D eigenvalue weighted by Gasteiger charge is 2.34. The van der Waals surface area contributed by atoms with E-state index >= 15 is 4.39 Å². The summed E-state index contributed by atoms with van der Waals surface area (Å²) >= 11 is 0. The summed E-state index contributed by atoms with van der Waals surface area (Å²) in [7, 11) is 1.52. The molecule has 1 unspecified atom stereocenters. The average molecular weight is 430 g/mol. The van der Waals surface area contributed by atoms with E-state index in [1.54, 1.807) is 12.1 Å². The van der Waals surface area contributed by atoms with Crippen molar-refractivity contribution in [2.75, 3.05) is 50.7 Å². The first-order valence-electron chi connectivity index (χ1n) is 10.8. The highest BCUT2D eigenvalue weighted by molar-refractivity contribution is 6.00. The number of rotatable bonds is 4. The number of fused-ring (bicyclic) bond motifs is 1. The van der Waals surface area contributed by atoms with Crippen molar-refractivity contribution in [2.24, 2.45) is 13.0 Å². The van der Waals surface area contributed by atoms with Crippen molar-refractivity contribution in [3.63, 3.8) is 0 Å². The maximum Gasteiger partial charge on any atom is 0.329 e. The largest absolute Gasteiger partial charge is 0.368 e. The van der Waals surface area contributed by atoms with Crippen LogP contribution in [-0.4, -0.2) is 71.7 Å². The van der Waals surface area contributed by atoms with Crippen molar-refractivity contribution in [3.8, 4) is 0 Å². The van der Waals surface area contributed by atoms with Gasteiger partial charge in [0.1, 0.15) is 11.6 Å². The number of nitrogens with zero attached hydrogens (tertiary/aromatic N) is 4. The molecule has 0 saturated carbocycles. The molecule has 5 rings (SSSR count). The lowest BCUT2D eigenvalue weighted by Gasteiger charge is -2.44. The number of benzene rings is 1. The van der Waals surface area contributed by atoms with E-state index < -0.39 is 23.5 Å². The fraction of sp³-hybridized carbons (Fsp3) is 0.571. The first kappa shape index (κ1) is 20.2. The Labute approximate surface area is 178 Å². The number of carbonyl (C=O) groups excluding carboxylic acids is 2. The highest BCUT2D eigenvalue weighted by Crippen LogP contribution is 2.33. The molecule has 3 aliphatic heterocycles. The molecular weight excluding hydrogens is 403 g/mol. The minimum atomic E-state index is -0.813. The van der Waals surface area contributed by atoms with Crippen LogP contribution in [0.25, 0.3) is 11.0 Å². The predicted octanol–water partition coefficient (Wildman–Crippen LogP) is -0.202. The number of halogens is 1. The summed E-state index contributed by atoms with van der Waals surface area (Å²) < 4.78 is 18.1. The molecule has 31 heavy (non-hydrogen) atoms. The summed E-state index contributed by atoms with van der Waals surface area (Å²) in [6.07, 6.45) is 0.384. The minimum Gasteiger partial charge on any atom is -0.368 e. The molecule has 9 nitrogen and oxygen atoms in total. The van der Waals surface area contributed by atoms with Crippen LogP contribution in [0.15, 0.2) is 16.9 Å². The molecule has 2 aromatic rings. The van der Waals surface area contributed by atoms with Crippen LogP contribution in [0.3, 0.4) is 0 Å². The van der Waals surface area contributed by atoms with E-state index in [0.717, 1.165) is 45.8 Å². The Kier molecular flexibility index (Phi) is 5.05. The number of imide groups is 1. The number of aryl methyl sites for hydroxylation is 1. The minimum absolute atomic E-state index is 0.155. The van der Waals surface area contributed by atoms with Gasteiger partial charge in [0, 0.05) is 65.2 Å². The normalized spacial score (nSPS) is 23.3. The lowest BCUT2D eigenvalue weighted by atomic mass is 9.97. The van der Waals surface area contributed by atoms with Gasteiger partial charge < -0.3 is 15.1 Å². The van der Waals surface area contributed by atoms with Crippen LogP contribution in [-0.2, 0) is 16.6 Å². The molecule has 3 aliphatic rings. The standard InChI is InChI=1S/C21H27FN6O3/c1-25-19-15(28(21(25)31)16-4-5-17(29)24-20(16)30)3-2-14(18(19)22)27-11-13(12-27)10-26-8-6-23-7-9-26/h2-3,13,16,23H,4-12H2,1H3,(H,24,29,30). The van der Waals surface area contributed by atoms with Gasteiger partial charge in [0.25, 0.3) is 0 Å². The second kappa shape index (κ2) is 7.76. The Balaban J connectivity index is 1.39. The van der Waals surface area contributed by atoms with Gasteiger partial charge in [0.05, 0.1) is 11.2 Å². The van der Waals surface area contributed by atoms with Crippen LogP contribution in [0.2, 0.25) is 0 Å². The van der Waals surface area contributed by atoms with Gasteiger partial charge in [-0.15, -0.1) is 0 Å². The van der Waals surface area contributed by atoms with Gasteiger partial charge in [-0.3, -0.25) is 24.0 Å². The first-order valence-corrected chi connectivity index (χ1v) is 10.8. The number of hydrogen-bond donors (Lipinski definition) is 2. The number of hydrogen-bond acceptors (Lipinski definition) is 6. The van der Waals surface area contributed by atoms with Crippen LogP contribution in [0.5, 0.6) is 0 Å². The lowest BCUT2D eigenvalue weighted by Crippen LogP contribution is -2.54. The zero-order valence-electron chi connectivity index (χ0n) is 17.6. The van der Waals surface area contributed by atoms with E-state index in [2.05, 4.69) is 15.5 Å². The molecule has 3 saturated heterocycles. The third-order valence-electron chi connectivity index (χ3n) is 6.71. The Morgan fingerprint density at radius 3 is 2.58 bits per heavy atom. The fourth-order valence-corrected chi connectivity index (χ4v) is 5.03. The van der Waals surface area contributed by atoms with Crippen LogP contribution in [0, 0.1) is 11.7 Å². The molecule has 0 aliphatic carbocycles. The van der Waals surface area contributed by atoms with Crippen molar-refractivity contribution in [1.29, 1.82) is 0 Å². The van der Waals surface area contributed by atoms with Gasteiger partial charge >= 0.3 is 5.69 Å². The van der Waals surface area contributed by atoms with Crippen LogP contribution in [0.4, 0.5) is 10.1 Å². The monoisotopic (exact) mass is 430 g/mol. The molecular formula is C21H27FN6O3. The van der Waals surface area contributed by atoms with Gasteiger partial charge in [0.15, 0.2) is 5.82 Å². The molecule has 2 amide bonds. The van der Waals surface area contributed by atoms with Crippen LogP contribution in [0.1, 0.15) is 18.9 Å². The average Bonchev–Trinajstić information content (AvgIpc) is 2.97. The third-order valence-corrected chi connectivity index (χ3v) is 6.71. The first-order chi connectivity index (χ1) is 14.9. The van der Waals surface area contributed by atoms with E-state index in [1.165, 1.54) is 16.2 Å². The van der Waals surface area contributed by atoms with Gasteiger partial charge in [-0.05, 0) is 18.6 Å². The molecule has 2 N–H and O–H groups in total. The predicted molar refractivity (Wildman–Crippen MR) is 114 cm³/mol. The number of imidazole rings is 1. The molecule has 0 radical (unpaired) electrons. The maximum absolute atomic E-state index is 15.5. The number of nitrogens with one attached hydrogen (secondary N) is 2. The SMILES string of the molecule is Cn1c(=O)n(C2CCC(=O)NC2=O)c2ccc(N3CC(CN4CCNCC4)C3)c(F)c21. The second-order valence-corrected chi connectivity index (χ2v) is 8.77. The Hall–Kier alpha value is -2.72. The van der Waals surface area contributed by atoms with Crippen LogP contribution < -0.4 is 21.2 Å². The Morgan fingerprint density at radius 2 is 1.87 bits per heavy atom. The highest BCUT2D eigenvalue weighted by atomic mass is 19.1. The number of aromatic nitrogens is 2. The fourth-order valence-electron chi connectivity index (χ4n) is 5.03. The molecule has 10 heteroatoms. The van der Waals surface area contributed by atoms with Crippen molar-refractivity contribution in [1.82, 2.24) is 24.7 Å². The molecule has 1 atom stereocenters. The molecule has 0 bridgehead atoms. The van der Waals surface area contributed by atoms with E-state index in [1.807, 2.05) is 4.90 Å². The van der Waals surface area contributed by atoms with Crippen LogP contribution >= 0.6 is 0 Å². The summed E-state index contributed by atoms with van der Waals surface area (Å²) in [5, 5.41) is 5.62. The third kappa shape index (κ3) is 3.43. The number of anilines is 1. The Morgan fingerprint density at radius 1 is 1.13 bits per heavy atom. The van der Waals surface area contributed by atoms with Crippen molar-refractivity contribution >= 4 is 28.5 Å². The van der Waals surface area contributed by atoms with E-state index in [4.69, 9.17) is 0 Å². The molecule has 4 heterocycles. The zero-order chi connectivity index (χ0) is 21.7. The van der Waals surface area contributed by atoms with E-state index in [9.17, 15) is 14.4 Å². The number of amides is 2. The Bertz CT molecular complexity index is 1100. The molecule has 3 fully saturated rings. The summed E-state index contributed by atoms with van der Waals surface area (Å²) in [5.74, 6) is -0.807. The molecule has 166 valence electrons.